The Morgan fingerprint density at radius 3 is 2.42 bits per heavy atom. The molecule has 1 amide bonds. The molecule has 72 valence electrons. The van der Waals surface area contributed by atoms with Crippen molar-refractivity contribution >= 4 is 18.7 Å². The lowest BCUT2D eigenvalue weighted by Crippen LogP contribution is -2.35. The van der Waals surface area contributed by atoms with Gasteiger partial charge in [0.15, 0.2) is 0 Å². The van der Waals surface area contributed by atoms with Crippen LogP contribution in [0.15, 0.2) is 0 Å². The highest BCUT2D eigenvalue weighted by Gasteiger charge is 2.15. The van der Waals surface area contributed by atoms with Crippen molar-refractivity contribution in [1.82, 2.24) is 5.32 Å². The first-order chi connectivity index (χ1) is 5.31. The minimum absolute atomic E-state index is 0.150. The Labute approximate surface area is 79.3 Å². The molecule has 0 spiro atoms. The first-order valence-corrected chi connectivity index (χ1v) is 4.48. The van der Waals surface area contributed by atoms with Crippen molar-refractivity contribution in [3.05, 3.63) is 0 Å². The molecular formula is C8H17NO2S. The molecule has 0 aromatic heterocycles. The van der Waals surface area contributed by atoms with E-state index in [-0.39, 0.29) is 11.3 Å². The SMILES string of the molecule is CC(S)CNC(=O)OC(C)(C)C. The number of hydrogen-bond acceptors (Lipinski definition) is 3. The third-order valence-electron chi connectivity index (χ3n) is 0.941. The van der Waals surface area contributed by atoms with Crippen molar-refractivity contribution in [2.24, 2.45) is 0 Å². The van der Waals surface area contributed by atoms with Crippen molar-refractivity contribution in [1.29, 1.82) is 0 Å². The van der Waals surface area contributed by atoms with E-state index in [4.69, 9.17) is 4.74 Å². The van der Waals surface area contributed by atoms with Crippen LogP contribution in [-0.4, -0.2) is 23.5 Å². The molecule has 0 radical (unpaired) electrons. The maximum atomic E-state index is 11.0. The Bertz CT molecular complexity index is 152. The van der Waals surface area contributed by atoms with Crippen LogP contribution in [0.2, 0.25) is 0 Å². The molecule has 0 saturated heterocycles. The van der Waals surface area contributed by atoms with Crippen LogP contribution < -0.4 is 5.32 Å². The van der Waals surface area contributed by atoms with Crippen molar-refractivity contribution in [3.8, 4) is 0 Å². The van der Waals surface area contributed by atoms with E-state index in [1.165, 1.54) is 0 Å². The molecule has 0 rings (SSSR count). The molecule has 1 atom stereocenters. The van der Waals surface area contributed by atoms with Crippen molar-refractivity contribution in [3.63, 3.8) is 0 Å². The highest BCUT2D eigenvalue weighted by Crippen LogP contribution is 2.06. The molecule has 3 nitrogen and oxygen atoms in total. The molecule has 0 bridgehead atoms. The number of ether oxygens (including phenoxy) is 1. The first-order valence-electron chi connectivity index (χ1n) is 3.96. The summed E-state index contributed by atoms with van der Waals surface area (Å²) in [6.07, 6.45) is -0.386. The minimum atomic E-state index is -0.427. The summed E-state index contributed by atoms with van der Waals surface area (Å²) < 4.78 is 5.00. The van der Waals surface area contributed by atoms with E-state index in [2.05, 4.69) is 17.9 Å². The molecule has 0 aliphatic heterocycles. The molecule has 0 aromatic rings. The summed E-state index contributed by atoms with van der Waals surface area (Å²) in [7, 11) is 0. The van der Waals surface area contributed by atoms with E-state index in [1.807, 2.05) is 27.7 Å². The van der Waals surface area contributed by atoms with Gasteiger partial charge in [-0.3, -0.25) is 0 Å². The molecule has 0 aliphatic rings. The Morgan fingerprint density at radius 1 is 1.58 bits per heavy atom. The zero-order chi connectivity index (χ0) is 9.78. The Morgan fingerprint density at radius 2 is 2.08 bits per heavy atom. The Hall–Kier alpha value is -0.380. The van der Waals surface area contributed by atoms with Gasteiger partial charge in [0.05, 0.1) is 0 Å². The fraction of sp³-hybridized carbons (Fsp3) is 0.875. The zero-order valence-electron chi connectivity index (χ0n) is 8.05. The molecule has 0 heterocycles. The zero-order valence-corrected chi connectivity index (χ0v) is 8.94. The van der Waals surface area contributed by atoms with Crippen LogP contribution in [0.4, 0.5) is 4.79 Å². The summed E-state index contributed by atoms with van der Waals surface area (Å²) in [5, 5.41) is 2.75. The van der Waals surface area contributed by atoms with Crippen LogP contribution in [0.1, 0.15) is 27.7 Å². The van der Waals surface area contributed by atoms with Gasteiger partial charge in [-0.15, -0.1) is 0 Å². The van der Waals surface area contributed by atoms with Gasteiger partial charge in [-0.1, -0.05) is 6.92 Å². The van der Waals surface area contributed by atoms with Crippen molar-refractivity contribution < 1.29 is 9.53 Å². The second-order valence-corrected chi connectivity index (χ2v) is 4.61. The van der Waals surface area contributed by atoms with Crippen molar-refractivity contribution in [2.75, 3.05) is 6.54 Å². The lowest BCUT2D eigenvalue weighted by Gasteiger charge is -2.20. The number of rotatable bonds is 2. The molecule has 0 saturated carbocycles. The molecule has 4 heteroatoms. The second-order valence-electron chi connectivity index (χ2n) is 3.73. The number of carbonyl (C=O) groups excluding carboxylic acids is 1. The van der Waals surface area contributed by atoms with Gasteiger partial charge in [-0.2, -0.15) is 12.6 Å². The highest BCUT2D eigenvalue weighted by molar-refractivity contribution is 7.80. The normalized spacial score (nSPS) is 13.8. The van der Waals surface area contributed by atoms with Gasteiger partial charge < -0.3 is 10.1 Å². The van der Waals surface area contributed by atoms with Crippen LogP contribution in [-0.2, 0) is 4.74 Å². The van der Waals surface area contributed by atoms with Crippen LogP contribution >= 0.6 is 12.6 Å². The number of carbonyl (C=O) groups is 1. The van der Waals surface area contributed by atoms with E-state index in [0.717, 1.165) is 0 Å². The molecule has 12 heavy (non-hydrogen) atoms. The van der Waals surface area contributed by atoms with E-state index in [1.54, 1.807) is 0 Å². The summed E-state index contributed by atoms with van der Waals surface area (Å²) >= 11 is 4.11. The third-order valence-corrected chi connectivity index (χ3v) is 1.12. The van der Waals surface area contributed by atoms with Gasteiger partial charge in [0, 0.05) is 11.8 Å². The number of nitrogens with one attached hydrogen (secondary N) is 1. The average Bonchev–Trinajstić information content (AvgIpc) is 1.79. The minimum Gasteiger partial charge on any atom is -0.444 e. The van der Waals surface area contributed by atoms with Crippen LogP contribution in [0.25, 0.3) is 0 Å². The van der Waals surface area contributed by atoms with Crippen LogP contribution in [0.5, 0.6) is 0 Å². The summed E-state index contributed by atoms with van der Waals surface area (Å²) in [5.74, 6) is 0. The maximum Gasteiger partial charge on any atom is 0.407 e. The Balaban J connectivity index is 3.61. The predicted octanol–water partition coefficient (Wildman–Crippen LogP) is 1.83. The highest BCUT2D eigenvalue weighted by atomic mass is 32.1. The number of hydrogen-bond donors (Lipinski definition) is 2. The van der Waals surface area contributed by atoms with Gasteiger partial charge in [0.2, 0.25) is 0 Å². The molecule has 1 unspecified atom stereocenters. The first kappa shape index (κ1) is 11.6. The van der Waals surface area contributed by atoms with E-state index >= 15 is 0 Å². The smallest absolute Gasteiger partial charge is 0.407 e. The predicted molar refractivity (Wildman–Crippen MR) is 52.7 cm³/mol. The molecule has 0 aromatic carbocycles. The summed E-state index contributed by atoms with van der Waals surface area (Å²) in [4.78, 5) is 11.0. The van der Waals surface area contributed by atoms with Crippen molar-refractivity contribution in [2.45, 2.75) is 38.5 Å². The largest absolute Gasteiger partial charge is 0.444 e. The fourth-order valence-electron chi connectivity index (χ4n) is 0.545. The van der Waals surface area contributed by atoms with Gasteiger partial charge >= 0.3 is 6.09 Å². The molecule has 0 fully saturated rings. The van der Waals surface area contributed by atoms with Gasteiger partial charge in [-0.05, 0) is 20.8 Å². The standard InChI is InChI=1S/C8H17NO2S/c1-6(12)5-9-7(10)11-8(2,3)4/h6,12H,5H2,1-4H3,(H,9,10). The van der Waals surface area contributed by atoms with E-state index in [0.29, 0.717) is 6.54 Å². The Kier molecular flexibility index (Phi) is 4.45. The van der Waals surface area contributed by atoms with E-state index in [9.17, 15) is 4.79 Å². The molecular weight excluding hydrogens is 174 g/mol. The number of amides is 1. The van der Waals surface area contributed by atoms with Crippen LogP contribution in [0.3, 0.4) is 0 Å². The lowest BCUT2D eigenvalue weighted by atomic mass is 10.2. The van der Waals surface area contributed by atoms with E-state index < -0.39 is 5.60 Å². The summed E-state index contributed by atoms with van der Waals surface area (Å²) in [6, 6.07) is 0. The fourth-order valence-corrected chi connectivity index (χ4v) is 0.637. The molecule has 0 aliphatic carbocycles. The monoisotopic (exact) mass is 191 g/mol. The second kappa shape index (κ2) is 4.60. The van der Waals surface area contributed by atoms with Gasteiger partial charge in [-0.25, -0.2) is 4.79 Å². The van der Waals surface area contributed by atoms with Gasteiger partial charge in [0.1, 0.15) is 5.60 Å². The topological polar surface area (TPSA) is 38.3 Å². The molecule has 1 N–H and O–H groups in total. The number of thiol groups is 1. The quantitative estimate of drug-likeness (QED) is 0.653. The van der Waals surface area contributed by atoms with Gasteiger partial charge in [0.25, 0.3) is 0 Å². The lowest BCUT2D eigenvalue weighted by molar-refractivity contribution is 0.0528. The third kappa shape index (κ3) is 7.72. The summed E-state index contributed by atoms with van der Waals surface area (Å²) in [6.45, 7) is 7.92. The average molecular weight is 191 g/mol. The maximum absolute atomic E-state index is 11.0. The number of alkyl carbamates (subject to hydrolysis) is 1. The summed E-state index contributed by atoms with van der Waals surface area (Å²) in [5.41, 5.74) is -0.427. The van der Waals surface area contributed by atoms with Crippen LogP contribution in [0, 0.1) is 0 Å².